The van der Waals surface area contributed by atoms with Gasteiger partial charge < -0.3 is 10.3 Å². The molecule has 3 aromatic rings. The first-order chi connectivity index (χ1) is 11.8. The number of nitrogens with zero attached hydrogens (tertiary/aromatic N) is 1. The minimum absolute atomic E-state index is 0.128. The number of benzene rings is 2. The summed E-state index contributed by atoms with van der Waals surface area (Å²) in [7, 11) is 0. The molecule has 8 heteroatoms. The van der Waals surface area contributed by atoms with Crippen LogP contribution in [0.3, 0.4) is 0 Å². The minimum Gasteiger partial charge on any atom is -0.358 e. The van der Waals surface area contributed by atoms with Gasteiger partial charge in [-0.2, -0.15) is 0 Å². The topological polar surface area (TPSA) is 88.0 Å². The van der Waals surface area contributed by atoms with E-state index in [1.54, 1.807) is 13.0 Å². The Labute approximate surface area is 140 Å². The molecule has 0 saturated carbocycles. The summed E-state index contributed by atoms with van der Waals surface area (Å²) in [5, 5.41) is 13.6. The molecule has 0 saturated heterocycles. The Morgan fingerprint density at radius 3 is 2.72 bits per heavy atom. The molecular formula is C17H13F2N3O3. The lowest BCUT2D eigenvalue weighted by Crippen LogP contribution is -2.16. The molecule has 1 amide bonds. The Morgan fingerprint density at radius 1 is 1.24 bits per heavy atom. The number of anilines is 1. The molecular weight excluding hydrogens is 332 g/mol. The smallest absolute Gasteiger partial charge is 0.271 e. The van der Waals surface area contributed by atoms with Gasteiger partial charge in [-0.3, -0.25) is 14.9 Å². The molecule has 0 unspecified atom stereocenters. The standard InChI is InChI=1S/C17H13F2N3O3/c1-9-12(13-6-10(18)2-5-15(13)20-9)8-17(23)21-16-7-11(22(24)25)3-4-14(16)19/h2-7,20H,8H2,1H3,(H,21,23). The predicted molar refractivity (Wildman–Crippen MR) is 88.4 cm³/mol. The summed E-state index contributed by atoms with van der Waals surface area (Å²) in [4.78, 5) is 25.4. The molecule has 0 radical (unpaired) electrons. The largest absolute Gasteiger partial charge is 0.358 e. The van der Waals surface area contributed by atoms with Crippen molar-refractivity contribution in [3.8, 4) is 0 Å². The van der Waals surface area contributed by atoms with Gasteiger partial charge in [-0.05, 0) is 36.8 Å². The van der Waals surface area contributed by atoms with Crippen LogP contribution in [-0.4, -0.2) is 15.8 Å². The third-order valence-electron chi connectivity index (χ3n) is 3.85. The third-order valence-corrected chi connectivity index (χ3v) is 3.85. The van der Waals surface area contributed by atoms with E-state index >= 15 is 0 Å². The molecule has 0 spiro atoms. The number of H-pyrrole nitrogens is 1. The summed E-state index contributed by atoms with van der Waals surface area (Å²) >= 11 is 0. The first kappa shape index (κ1) is 16.6. The number of fused-ring (bicyclic) bond motifs is 1. The highest BCUT2D eigenvalue weighted by Gasteiger charge is 2.16. The van der Waals surface area contributed by atoms with Crippen LogP contribution in [0.4, 0.5) is 20.2 Å². The molecule has 2 N–H and O–H groups in total. The molecule has 2 aromatic carbocycles. The molecule has 1 heterocycles. The normalized spacial score (nSPS) is 10.8. The molecule has 0 atom stereocenters. The molecule has 6 nitrogen and oxygen atoms in total. The molecule has 3 rings (SSSR count). The summed E-state index contributed by atoms with van der Waals surface area (Å²) in [5.41, 5.74) is 1.35. The Morgan fingerprint density at radius 2 is 2.00 bits per heavy atom. The van der Waals surface area contributed by atoms with Crippen molar-refractivity contribution in [2.45, 2.75) is 13.3 Å². The second-order valence-corrected chi connectivity index (χ2v) is 5.56. The number of halogens is 2. The van der Waals surface area contributed by atoms with Crippen LogP contribution < -0.4 is 5.32 Å². The summed E-state index contributed by atoms with van der Waals surface area (Å²) in [6.07, 6.45) is -0.128. The number of nitrogens with one attached hydrogen (secondary N) is 2. The summed E-state index contributed by atoms with van der Waals surface area (Å²) < 4.78 is 27.2. The second-order valence-electron chi connectivity index (χ2n) is 5.56. The van der Waals surface area contributed by atoms with E-state index in [0.29, 0.717) is 22.2 Å². The van der Waals surface area contributed by atoms with Crippen molar-refractivity contribution < 1.29 is 18.5 Å². The van der Waals surface area contributed by atoms with Gasteiger partial charge in [-0.25, -0.2) is 8.78 Å². The maximum absolute atomic E-state index is 13.8. The van der Waals surface area contributed by atoms with Crippen molar-refractivity contribution in [1.29, 1.82) is 0 Å². The highest BCUT2D eigenvalue weighted by atomic mass is 19.1. The average Bonchev–Trinajstić information content (AvgIpc) is 2.85. The Balaban J connectivity index is 1.86. The Hall–Kier alpha value is -3.29. The molecule has 0 fully saturated rings. The minimum atomic E-state index is -0.777. The van der Waals surface area contributed by atoms with Crippen LogP contribution in [0, 0.1) is 28.7 Å². The van der Waals surface area contributed by atoms with Gasteiger partial charge in [-0.15, -0.1) is 0 Å². The van der Waals surface area contributed by atoms with E-state index < -0.39 is 22.5 Å². The predicted octanol–water partition coefficient (Wildman–Crippen LogP) is 3.84. The number of carbonyl (C=O) groups is 1. The monoisotopic (exact) mass is 345 g/mol. The molecule has 1 aromatic heterocycles. The van der Waals surface area contributed by atoms with Crippen molar-refractivity contribution in [1.82, 2.24) is 4.98 Å². The van der Waals surface area contributed by atoms with Gasteiger partial charge in [0.15, 0.2) is 0 Å². The number of hydrogen-bond donors (Lipinski definition) is 2. The van der Waals surface area contributed by atoms with Crippen LogP contribution in [0.5, 0.6) is 0 Å². The zero-order chi connectivity index (χ0) is 18.1. The zero-order valence-corrected chi connectivity index (χ0v) is 13.1. The van der Waals surface area contributed by atoms with Crippen molar-refractivity contribution in [3.63, 3.8) is 0 Å². The molecule has 25 heavy (non-hydrogen) atoms. The van der Waals surface area contributed by atoms with Crippen LogP contribution in [0.2, 0.25) is 0 Å². The van der Waals surface area contributed by atoms with Gasteiger partial charge in [0.1, 0.15) is 11.6 Å². The second kappa shape index (κ2) is 6.31. The van der Waals surface area contributed by atoms with E-state index in [1.165, 1.54) is 12.1 Å². The average molecular weight is 345 g/mol. The quantitative estimate of drug-likeness (QED) is 0.556. The van der Waals surface area contributed by atoms with Gasteiger partial charge in [0.05, 0.1) is 17.0 Å². The molecule has 0 bridgehead atoms. The van der Waals surface area contributed by atoms with Crippen molar-refractivity contribution in [2.75, 3.05) is 5.32 Å². The fraction of sp³-hybridized carbons (Fsp3) is 0.118. The zero-order valence-electron chi connectivity index (χ0n) is 13.1. The number of aryl methyl sites for hydroxylation is 1. The van der Waals surface area contributed by atoms with Crippen LogP contribution in [-0.2, 0) is 11.2 Å². The summed E-state index contributed by atoms with van der Waals surface area (Å²) in [6, 6.07) is 7.07. The van der Waals surface area contributed by atoms with Gasteiger partial charge in [0, 0.05) is 28.7 Å². The van der Waals surface area contributed by atoms with E-state index in [9.17, 15) is 23.7 Å². The van der Waals surface area contributed by atoms with Crippen molar-refractivity contribution >= 4 is 28.2 Å². The van der Waals surface area contributed by atoms with E-state index in [2.05, 4.69) is 10.3 Å². The highest BCUT2D eigenvalue weighted by Crippen LogP contribution is 2.25. The summed E-state index contributed by atoms with van der Waals surface area (Å²) in [6.45, 7) is 1.74. The van der Waals surface area contributed by atoms with E-state index in [4.69, 9.17) is 0 Å². The fourth-order valence-corrected chi connectivity index (χ4v) is 2.66. The van der Waals surface area contributed by atoms with E-state index in [1.807, 2.05) is 0 Å². The number of aromatic amines is 1. The van der Waals surface area contributed by atoms with Crippen molar-refractivity contribution in [2.24, 2.45) is 0 Å². The third kappa shape index (κ3) is 3.32. The lowest BCUT2D eigenvalue weighted by atomic mass is 10.1. The molecule has 0 aliphatic heterocycles. The number of carbonyl (C=O) groups excluding carboxylic acids is 1. The van der Waals surface area contributed by atoms with Crippen LogP contribution >= 0.6 is 0 Å². The Kier molecular flexibility index (Phi) is 4.18. The van der Waals surface area contributed by atoms with Gasteiger partial charge in [0.25, 0.3) is 5.69 Å². The van der Waals surface area contributed by atoms with Crippen LogP contribution in [0.25, 0.3) is 10.9 Å². The van der Waals surface area contributed by atoms with Gasteiger partial charge >= 0.3 is 0 Å². The van der Waals surface area contributed by atoms with Gasteiger partial charge in [-0.1, -0.05) is 0 Å². The van der Waals surface area contributed by atoms with Crippen LogP contribution in [0.15, 0.2) is 36.4 Å². The number of amides is 1. The number of non-ortho nitro benzene ring substituents is 1. The maximum atomic E-state index is 13.8. The lowest BCUT2D eigenvalue weighted by Gasteiger charge is -2.07. The SMILES string of the molecule is Cc1[nH]c2ccc(F)cc2c1CC(=O)Nc1cc([N+](=O)[O-])ccc1F. The molecule has 128 valence electrons. The number of nitro groups is 1. The molecule has 0 aliphatic carbocycles. The fourth-order valence-electron chi connectivity index (χ4n) is 2.66. The number of aromatic nitrogens is 1. The van der Waals surface area contributed by atoms with Crippen molar-refractivity contribution in [3.05, 3.63) is 69.4 Å². The summed E-state index contributed by atoms with van der Waals surface area (Å²) in [5.74, 6) is -1.77. The Bertz CT molecular complexity index is 998. The van der Waals surface area contributed by atoms with E-state index in [0.717, 1.165) is 18.2 Å². The number of hydrogen-bond acceptors (Lipinski definition) is 3. The highest BCUT2D eigenvalue weighted by molar-refractivity contribution is 5.96. The maximum Gasteiger partial charge on any atom is 0.271 e. The first-order valence-corrected chi connectivity index (χ1v) is 7.35. The van der Waals surface area contributed by atoms with E-state index in [-0.39, 0.29) is 17.8 Å². The molecule has 0 aliphatic rings. The lowest BCUT2D eigenvalue weighted by molar-refractivity contribution is -0.384. The van der Waals surface area contributed by atoms with Gasteiger partial charge in [0.2, 0.25) is 5.91 Å². The number of rotatable bonds is 4. The first-order valence-electron chi connectivity index (χ1n) is 7.35. The number of nitro benzene ring substituents is 1. The van der Waals surface area contributed by atoms with Crippen LogP contribution in [0.1, 0.15) is 11.3 Å².